The second-order valence-electron chi connectivity index (χ2n) is 4.30. The van der Waals surface area contributed by atoms with Gasteiger partial charge >= 0.3 is 0 Å². The Labute approximate surface area is 77.8 Å². The molecule has 2 fully saturated rings. The average Bonchev–Trinajstić information content (AvgIpc) is 2.47. The van der Waals surface area contributed by atoms with Crippen LogP contribution in [0.2, 0.25) is 0 Å². The van der Waals surface area contributed by atoms with Gasteiger partial charge in [0.2, 0.25) is 5.96 Å². The van der Waals surface area contributed by atoms with Gasteiger partial charge in [-0.2, -0.15) is 0 Å². The predicted molar refractivity (Wildman–Crippen MR) is 49.5 cm³/mol. The fourth-order valence-corrected chi connectivity index (χ4v) is 2.55. The van der Waals surface area contributed by atoms with Crippen LogP contribution in [-0.2, 0) is 0 Å². The van der Waals surface area contributed by atoms with Crippen molar-refractivity contribution in [1.29, 1.82) is 0 Å². The number of likely N-dealkylation sites (tertiary alicyclic amines) is 2. The van der Waals surface area contributed by atoms with Crippen LogP contribution in [0.15, 0.2) is 5.16 Å². The second kappa shape index (κ2) is 2.77. The molecule has 0 atom stereocenters. The molecule has 74 valence electrons. The Bertz CT molecular complexity index is 234. The van der Waals surface area contributed by atoms with Crippen molar-refractivity contribution in [2.24, 2.45) is 16.3 Å². The monoisotopic (exact) mass is 184 g/mol. The number of oxime groups is 1. The van der Waals surface area contributed by atoms with Crippen molar-refractivity contribution in [2.75, 3.05) is 33.2 Å². The molecule has 0 radical (unpaired) electrons. The Hall–Kier alpha value is -0.970. The van der Waals surface area contributed by atoms with Crippen molar-refractivity contribution < 1.29 is 5.21 Å². The summed E-state index contributed by atoms with van der Waals surface area (Å²) in [6.07, 6.45) is 1.16. The highest BCUT2D eigenvalue weighted by Crippen LogP contribution is 2.38. The second-order valence-corrected chi connectivity index (χ2v) is 4.30. The van der Waals surface area contributed by atoms with Crippen LogP contribution in [0.5, 0.6) is 0 Å². The minimum atomic E-state index is 0.256. The molecule has 0 aromatic rings. The number of rotatable bonds is 0. The molecule has 0 aromatic heterocycles. The highest BCUT2D eigenvalue weighted by Gasteiger charge is 2.46. The highest BCUT2D eigenvalue weighted by molar-refractivity contribution is 5.77. The van der Waals surface area contributed by atoms with Crippen molar-refractivity contribution in [1.82, 2.24) is 9.80 Å². The Morgan fingerprint density at radius 1 is 1.46 bits per heavy atom. The van der Waals surface area contributed by atoms with Crippen LogP contribution >= 0.6 is 0 Å². The van der Waals surface area contributed by atoms with Crippen LogP contribution < -0.4 is 5.73 Å². The Kier molecular flexibility index (Phi) is 1.83. The Morgan fingerprint density at radius 2 is 2.15 bits per heavy atom. The Balaban J connectivity index is 1.95. The predicted octanol–water partition coefficient (Wildman–Crippen LogP) is -0.672. The van der Waals surface area contributed by atoms with Gasteiger partial charge < -0.3 is 20.7 Å². The number of guanidine groups is 1. The average molecular weight is 184 g/mol. The van der Waals surface area contributed by atoms with Crippen LogP contribution in [0.3, 0.4) is 0 Å². The SMILES string of the molecule is CN1CC2(CCN(/C(N)=N/O)C2)C1. The van der Waals surface area contributed by atoms with Crippen molar-refractivity contribution >= 4 is 5.96 Å². The summed E-state index contributed by atoms with van der Waals surface area (Å²) in [6, 6.07) is 0. The van der Waals surface area contributed by atoms with Gasteiger partial charge in [-0.3, -0.25) is 0 Å². The van der Waals surface area contributed by atoms with Crippen molar-refractivity contribution in [3.8, 4) is 0 Å². The number of hydrogen-bond donors (Lipinski definition) is 2. The molecule has 2 heterocycles. The molecule has 0 unspecified atom stereocenters. The summed E-state index contributed by atoms with van der Waals surface area (Å²) in [4.78, 5) is 4.25. The lowest BCUT2D eigenvalue weighted by molar-refractivity contribution is 0.0353. The van der Waals surface area contributed by atoms with Crippen molar-refractivity contribution in [3.63, 3.8) is 0 Å². The lowest BCUT2D eigenvalue weighted by Crippen LogP contribution is -2.56. The molecule has 2 rings (SSSR count). The van der Waals surface area contributed by atoms with E-state index in [0.717, 1.165) is 32.6 Å². The highest BCUT2D eigenvalue weighted by atomic mass is 16.4. The first kappa shape index (κ1) is 8.62. The maximum atomic E-state index is 8.52. The summed E-state index contributed by atoms with van der Waals surface area (Å²) in [5.41, 5.74) is 5.95. The fraction of sp³-hybridized carbons (Fsp3) is 0.875. The standard InChI is InChI=1S/C8H16N4O/c1-11-4-8(5-11)2-3-12(6-8)7(9)10-13/h13H,2-6H2,1H3,(H2,9,10). The molecular weight excluding hydrogens is 168 g/mol. The van der Waals surface area contributed by atoms with E-state index in [0.29, 0.717) is 5.41 Å². The minimum absolute atomic E-state index is 0.256. The van der Waals surface area contributed by atoms with Crippen LogP contribution in [-0.4, -0.2) is 54.2 Å². The van der Waals surface area contributed by atoms with E-state index in [1.54, 1.807) is 0 Å². The molecule has 0 amide bonds. The van der Waals surface area contributed by atoms with Crippen LogP contribution in [0, 0.1) is 5.41 Å². The zero-order valence-corrected chi connectivity index (χ0v) is 7.90. The summed E-state index contributed by atoms with van der Waals surface area (Å²) in [5.74, 6) is 0.256. The molecule has 0 saturated carbocycles. The van der Waals surface area contributed by atoms with Gasteiger partial charge in [0.1, 0.15) is 0 Å². The molecular formula is C8H16N4O. The molecule has 3 N–H and O–H groups in total. The lowest BCUT2D eigenvalue weighted by atomic mass is 9.79. The number of nitrogens with zero attached hydrogens (tertiary/aromatic N) is 3. The summed E-state index contributed by atoms with van der Waals surface area (Å²) in [5, 5.41) is 11.5. The first-order valence-corrected chi connectivity index (χ1v) is 4.56. The number of hydrogen-bond acceptors (Lipinski definition) is 3. The molecule has 5 nitrogen and oxygen atoms in total. The normalized spacial score (nSPS) is 28.1. The van der Waals surface area contributed by atoms with Gasteiger partial charge in [0.05, 0.1) is 0 Å². The Morgan fingerprint density at radius 3 is 2.69 bits per heavy atom. The third kappa shape index (κ3) is 1.33. The van der Waals surface area contributed by atoms with Gasteiger partial charge in [0.15, 0.2) is 0 Å². The third-order valence-electron chi connectivity index (χ3n) is 3.08. The van der Waals surface area contributed by atoms with E-state index < -0.39 is 0 Å². The van der Waals surface area contributed by atoms with Gasteiger partial charge in [-0.25, -0.2) is 0 Å². The van der Waals surface area contributed by atoms with E-state index >= 15 is 0 Å². The molecule has 2 aliphatic heterocycles. The van der Waals surface area contributed by atoms with E-state index in [2.05, 4.69) is 17.1 Å². The summed E-state index contributed by atoms with van der Waals surface area (Å²) in [7, 11) is 2.12. The maximum absolute atomic E-state index is 8.52. The van der Waals surface area contributed by atoms with Crippen molar-refractivity contribution in [2.45, 2.75) is 6.42 Å². The fourth-order valence-electron chi connectivity index (χ4n) is 2.55. The molecule has 13 heavy (non-hydrogen) atoms. The van der Waals surface area contributed by atoms with Gasteiger partial charge in [-0.1, -0.05) is 5.16 Å². The maximum Gasteiger partial charge on any atom is 0.233 e. The third-order valence-corrected chi connectivity index (χ3v) is 3.08. The molecule has 0 bridgehead atoms. The van der Waals surface area contributed by atoms with E-state index in [4.69, 9.17) is 10.9 Å². The first-order chi connectivity index (χ1) is 6.15. The van der Waals surface area contributed by atoms with Gasteiger partial charge in [0, 0.05) is 31.6 Å². The van der Waals surface area contributed by atoms with Gasteiger partial charge in [-0.15, -0.1) is 0 Å². The quantitative estimate of drug-likeness (QED) is 0.227. The molecule has 0 aromatic carbocycles. The van der Waals surface area contributed by atoms with Crippen LogP contribution in [0.25, 0.3) is 0 Å². The smallest absolute Gasteiger partial charge is 0.233 e. The molecule has 1 spiro atoms. The van der Waals surface area contributed by atoms with E-state index in [9.17, 15) is 0 Å². The topological polar surface area (TPSA) is 65.1 Å². The van der Waals surface area contributed by atoms with Crippen LogP contribution in [0.1, 0.15) is 6.42 Å². The zero-order valence-electron chi connectivity index (χ0n) is 7.90. The van der Waals surface area contributed by atoms with Crippen molar-refractivity contribution in [3.05, 3.63) is 0 Å². The van der Waals surface area contributed by atoms with E-state index in [1.165, 1.54) is 0 Å². The summed E-state index contributed by atoms with van der Waals surface area (Å²) in [6.45, 7) is 4.14. The number of nitrogens with two attached hydrogens (primary N) is 1. The summed E-state index contributed by atoms with van der Waals surface area (Å²) < 4.78 is 0. The molecule has 5 heteroatoms. The first-order valence-electron chi connectivity index (χ1n) is 4.56. The van der Waals surface area contributed by atoms with Gasteiger partial charge in [0.25, 0.3) is 0 Å². The largest absolute Gasteiger partial charge is 0.408 e. The lowest BCUT2D eigenvalue weighted by Gasteiger charge is -2.46. The molecule has 0 aliphatic carbocycles. The van der Waals surface area contributed by atoms with Gasteiger partial charge in [-0.05, 0) is 13.5 Å². The van der Waals surface area contributed by atoms with Crippen LogP contribution in [0.4, 0.5) is 0 Å². The molecule has 2 aliphatic rings. The van der Waals surface area contributed by atoms with E-state index in [1.807, 2.05) is 4.90 Å². The minimum Gasteiger partial charge on any atom is -0.408 e. The zero-order chi connectivity index (χ0) is 9.47. The summed E-state index contributed by atoms with van der Waals surface area (Å²) >= 11 is 0. The van der Waals surface area contributed by atoms with E-state index in [-0.39, 0.29) is 5.96 Å². The molecule has 2 saturated heterocycles.